The highest BCUT2D eigenvalue weighted by atomic mass is 35.5. The summed E-state index contributed by atoms with van der Waals surface area (Å²) in [6.45, 7) is 0. The third kappa shape index (κ3) is 1.72. The second kappa shape index (κ2) is 3.22. The largest absolute Gasteiger partial charge is 0.219 e. The third-order valence-corrected chi connectivity index (χ3v) is 1.77. The maximum Gasteiger partial charge on any atom is 0.179 e. The van der Waals surface area contributed by atoms with Crippen molar-refractivity contribution in [2.24, 2.45) is 0 Å². The second-order valence-electron chi connectivity index (χ2n) is 1.56. The molecule has 1 aromatic heterocycles. The first-order valence-electron chi connectivity index (χ1n) is 2.43. The maximum absolute atomic E-state index is 8.40. The Bertz CT molecular complexity index is 330. The minimum Gasteiger partial charge on any atom is -0.219 e. The zero-order valence-corrected chi connectivity index (χ0v) is 7.24. The molecule has 0 N–H and O–H groups in total. The number of nitrogens with zero attached hydrogens (tertiary/aromatic N) is 3. The van der Waals surface area contributed by atoms with Crippen molar-refractivity contribution in [2.75, 3.05) is 0 Å². The Kier molecular flexibility index (Phi) is 2.50. The van der Waals surface area contributed by atoms with E-state index in [0.29, 0.717) is 0 Å². The predicted molar refractivity (Wildman–Crippen MR) is 41.8 cm³/mol. The van der Waals surface area contributed by atoms with E-state index in [1.165, 1.54) is 0 Å². The number of halogens is 3. The smallest absolute Gasteiger partial charge is 0.179 e. The molecule has 6 heteroatoms. The summed E-state index contributed by atoms with van der Waals surface area (Å²) < 4.78 is 0. The number of rotatable bonds is 0. The van der Waals surface area contributed by atoms with Crippen molar-refractivity contribution >= 4 is 34.8 Å². The molecule has 11 heavy (non-hydrogen) atoms. The van der Waals surface area contributed by atoms with Gasteiger partial charge in [0.1, 0.15) is 6.07 Å². The number of hydrogen-bond donors (Lipinski definition) is 0. The Morgan fingerprint density at radius 2 is 1.55 bits per heavy atom. The molecule has 0 aliphatic rings. The normalized spacial score (nSPS) is 9.27. The lowest BCUT2D eigenvalue weighted by molar-refractivity contribution is 1.16. The molecule has 0 aliphatic carbocycles. The molecule has 0 aliphatic heterocycles. The highest BCUT2D eigenvalue weighted by Crippen LogP contribution is 2.20. The summed E-state index contributed by atoms with van der Waals surface area (Å²) in [6, 6.07) is 1.71. The fourth-order valence-electron chi connectivity index (χ4n) is 0.447. The molecule has 0 unspecified atom stereocenters. The van der Waals surface area contributed by atoms with Crippen LogP contribution in [0.1, 0.15) is 5.69 Å². The molecule has 0 spiro atoms. The zero-order chi connectivity index (χ0) is 8.43. The molecule has 3 nitrogen and oxygen atoms in total. The Morgan fingerprint density at radius 1 is 1.00 bits per heavy atom. The van der Waals surface area contributed by atoms with E-state index >= 15 is 0 Å². The summed E-state index contributed by atoms with van der Waals surface area (Å²) >= 11 is 16.4. The lowest BCUT2D eigenvalue weighted by Crippen LogP contribution is -1.89. The van der Waals surface area contributed by atoms with Crippen LogP contribution in [-0.4, -0.2) is 9.97 Å². The van der Waals surface area contributed by atoms with E-state index < -0.39 is 0 Å². The lowest BCUT2D eigenvalue weighted by Gasteiger charge is -1.95. The summed E-state index contributed by atoms with van der Waals surface area (Å²) in [6.07, 6.45) is 0. The summed E-state index contributed by atoms with van der Waals surface area (Å²) in [5, 5.41) is 8.33. The van der Waals surface area contributed by atoms with Crippen molar-refractivity contribution in [3.63, 3.8) is 0 Å². The molecule has 0 aromatic carbocycles. The van der Waals surface area contributed by atoms with E-state index in [1.807, 2.05) is 0 Å². The minimum atomic E-state index is -0.0399. The van der Waals surface area contributed by atoms with E-state index in [4.69, 9.17) is 40.1 Å². The van der Waals surface area contributed by atoms with E-state index in [-0.39, 0.29) is 21.2 Å². The molecular weight excluding hydrogens is 208 g/mol. The molecule has 0 saturated heterocycles. The number of aromatic nitrogens is 2. The van der Waals surface area contributed by atoms with Gasteiger partial charge in [-0.25, -0.2) is 9.97 Å². The molecular formula is C5Cl3N3. The van der Waals surface area contributed by atoms with Crippen LogP contribution >= 0.6 is 34.8 Å². The fourth-order valence-corrected chi connectivity index (χ4v) is 0.913. The lowest BCUT2D eigenvalue weighted by atomic mass is 10.5. The van der Waals surface area contributed by atoms with E-state index in [1.54, 1.807) is 6.07 Å². The summed E-state index contributed by atoms with van der Waals surface area (Å²) in [5.74, 6) is 0. The van der Waals surface area contributed by atoms with Gasteiger partial charge < -0.3 is 0 Å². The van der Waals surface area contributed by atoms with E-state index in [9.17, 15) is 0 Å². The first-order valence-corrected chi connectivity index (χ1v) is 3.57. The van der Waals surface area contributed by atoms with Gasteiger partial charge in [0.2, 0.25) is 0 Å². The van der Waals surface area contributed by atoms with Crippen molar-refractivity contribution in [2.45, 2.75) is 0 Å². The average Bonchev–Trinajstić information content (AvgIpc) is 1.97. The van der Waals surface area contributed by atoms with Crippen molar-refractivity contribution < 1.29 is 0 Å². The Labute approximate surface area is 77.5 Å². The standard InChI is InChI=1S/C5Cl3N3/c6-3-2(1-9)10-4(7)5(8)11-3. The van der Waals surface area contributed by atoms with Crippen molar-refractivity contribution in [1.82, 2.24) is 9.97 Å². The highest BCUT2D eigenvalue weighted by Gasteiger charge is 2.07. The van der Waals surface area contributed by atoms with Gasteiger partial charge in [0.25, 0.3) is 0 Å². The molecule has 0 saturated carbocycles. The minimum absolute atomic E-state index is 0.00401. The fraction of sp³-hybridized carbons (Fsp3) is 0. The first-order chi connectivity index (χ1) is 5.15. The molecule has 1 rings (SSSR count). The van der Waals surface area contributed by atoms with Crippen LogP contribution in [0.4, 0.5) is 0 Å². The van der Waals surface area contributed by atoms with Gasteiger partial charge in [0.15, 0.2) is 21.2 Å². The van der Waals surface area contributed by atoms with Gasteiger partial charge in [-0.1, -0.05) is 34.8 Å². The molecule has 0 amide bonds. The van der Waals surface area contributed by atoms with Crippen LogP contribution < -0.4 is 0 Å². The number of nitriles is 1. The van der Waals surface area contributed by atoms with Gasteiger partial charge >= 0.3 is 0 Å². The second-order valence-corrected chi connectivity index (χ2v) is 2.63. The van der Waals surface area contributed by atoms with Gasteiger partial charge in [0.05, 0.1) is 0 Å². The van der Waals surface area contributed by atoms with Crippen LogP contribution in [-0.2, 0) is 0 Å². The summed E-state index contributed by atoms with van der Waals surface area (Å²) in [4.78, 5) is 7.13. The highest BCUT2D eigenvalue weighted by molar-refractivity contribution is 6.41. The van der Waals surface area contributed by atoms with Crippen LogP contribution in [0.3, 0.4) is 0 Å². The van der Waals surface area contributed by atoms with Gasteiger partial charge in [-0.15, -0.1) is 0 Å². The molecule has 1 heterocycles. The Balaban J connectivity index is 3.35. The molecule has 0 radical (unpaired) electrons. The molecule has 0 fully saturated rings. The zero-order valence-electron chi connectivity index (χ0n) is 4.98. The van der Waals surface area contributed by atoms with Crippen LogP contribution in [0.2, 0.25) is 15.5 Å². The number of hydrogen-bond acceptors (Lipinski definition) is 3. The van der Waals surface area contributed by atoms with Crippen LogP contribution in [0, 0.1) is 11.3 Å². The van der Waals surface area contributed by atoms with E-state index in [2.05, 4.69) is 9.97 Å². The summed E-state index contributed by atoms with van der Waals surface area (Å²) in [7, 11) is 0. The van der Waals surface area contributed by atoms with Crippen molar-refractivity contribution in [3.05, 3.63) is 21.2 Å². The van der Waals surface area contributed by atoms with Crippen LogP contribution in [0.5, 0.6) is 0 Å². The Morgan fingerprint density at radius 3 is 2.09 bits per heavy atom. The third-order valence-electron chi connectivity index (χ3n) is 0.878. The quantitative estimate of drug-likeness (QED) is 0.657. The molecule has 0 bridgehead atoms. The monoisotopic (exact) mass is 207 g/mol. The van der Waals surface area contributed by atoms with Gasteiger partial charge in [-0.2, -0.15) is 5.26 Å². The van der Waals surface area contributed by atoms with Crippen LogP contribution in [0.25, 0.3) is 0 Å². The average molecular weight is 208 g/mol. The molecule has 1 aromatic rings. The van der Waals surface area contributed by atoms with Crippen LogP contribution in [0.15, 0.2) is 0 Å². The first kappa shape index (κ1) is 8.54. The van der Waals surface area contributed by atoms with Gasteiger partial charge in [-0.3, -0.25) is 0 Å². The predicted octanol–water partition coefficient (Wildman–Crippen LogP) is 2.31. The summed E-state index contributed by atoms with van der Waals surface area (Å²) in [5.41, 5.74) is -0.0268. The molecule has 56 valence electrons. The van der Waals surface area contributed by atoms with Crippen molar-refractivity contribution in [3.8, 4) is 6.07 Å². The molecule has 0 atom stereocenters. The Hall–Kier alpha value is -0.560. The van der Waals surface area contributed by atoms with Gasteiger partial charge in [0, 0.05) is 0 Å². The van der Waals surface area contributed by atoms with E-state index in [0.717, 1.165) is 0 Å². The van der Waals surface area contributed by atoms with Crippen molar-refractivity contribution in [1.29, 1.82) is 5.26 Å². The van der Waals surface area contributed by atoms with Gasteiger partial charge in [-0.05, 0) is 0 Å². The maximum atomic E-state index is 8.40. The topological polar surface area (TPSA) is 49.6 Å². The SMILES string of the molecule is N#Cc1nc(Cl)c(Cl)nc1Cl.